The summed E-state index contributed by atoms with van der Waals surface area (Å²) in [5, 5.41) is 2.65. The van der Waals surface area contributed by atoms with Crippen LogP contribution in [0.4, 0.5) is 14.5 Å². The molecule has 3 rings (SSSR count). The Kier molecular flexibility index (Phi) is 5.91. The molecule has 1 aliphatic rings. The molecule has 0 saturated carbocycles. The maximum atomic E-state index is 14.7. The Balaban J connectivity index is 1.89. The summed E-state index contributed by atoms with van der Waals surface area (Å²) in [6.07, 6.45) is 0.865. The number of rotatable bonds is 4. The average Bonchev–Trinajstić information content (AvgIpc) is 3.01. The zero-order valence-corrected chi connectivity index (χ0v) is 19.1. The lowest BCUT2D eigenvalue weighted by atomic mass is 10.0. The second kappa shape index (κ2) is 7.82. The molecule has 0 saturated heterocycles. The molecule has 0 spiro atoms. The molecule has 2 aromatic rings. The zero-order chi connectivity index (χ0) is 21.6. The second-order valence-electron chi connectivity index (χ2n) is 8.98. The van der Waals surface area contributed by atoms with Gasteiger partial charge in [0.25, 0.3) is 5.91 Å². The van der Waals surface area contributed by atoms with E-state index in [-0.39, 0.29) is 27.9 Å². The highest BCUT2D eigenvalue weighted by molar-refractivity contribution is 6.74. The predicted molar refractivity (Wildman–Crippen MR) is 115 cm³/mol. The van der Waals surface area contributed by atoms with E-state index >= 15 is 0 Å². The van der Waals surface area contributed by atoms with Gasteiger partial charge in [0.1, 0.15) is 11.6 Å². The standard InChI is InChI=1S/C22H26ClF2NO2Si/c1-22(2,3)29(4,5)28-19-11-8-14-15(7-10-18(25)20(14)19)21(27)26-13-6-9-17(24)16(23)12-13/h6-7,9-10,12,19H,8,11H2,1-5H3,(H,26,27)/t19-/m0/s1. The minimum atomic E-state index is -2.10. The van der Waals surface area contributed by atoms with Crippen LogP contribution in [0.5, 0.6) is 0 Å². The van der Waals surface area contributed by atoms with Gasteiger partial charge < -0.3 is 9.74 Å². The molecule has 1 N–H and O–H groups in total. The third kappa shape index (κ3) is 4.39. The second-order valence-corrected chi connectivity index (χ2v) is 14.1. The highest BCUT2D eigenvalue weighted by Gasteiger charge is 2.42. The molecule has 0 fully saturated rings. The molecule has 0 heterocycles. The first-order valence-corrected chi connectivity index (χ1v) is 12.9. The third-order valence-electron chi connectivity index (χ3n) is 5.95. The summed E-state index contributed by atoms with van der Waals surface area (Å²) in [7, 11) is -2.10. The SMILES string of the molecule is CC(C)(C)[Si](C)(C)O[C@H]1CCc2c(C(=O)Nc3ccc(F)c(Cl)c3)ccc(F)c21. The minimum Gasteiger partial charge on any atom is -0.410 e. The quantitative estimate of drug-likeness (QED) is 0.529. The van der Waals surface area contributed by atoms with Gasteiger partial charge in [0.05, 0.1) is 11.1 Å². The van der Waals surface area contributed by atoms with Gasteiger partial charge >= 0.3 is 0 Å². The number of hydrogen-bond acceptors (Lipinski definition) is 2. The van der Waals surface area contributed by atoms with Crippen molar-refractivity contribution in [3.63, 3.8) is 0 Å². The number of carbonyl (C=O) groups is 1. The summed E-state index contributed by atoms with van der Waals surface area (Å²) in [4.78, 5) is 12.8. The Morgan fingerprint density at radius 1 is 1.17 bits per heavy atom. The number of anilines is 1. The Bertz CT molecular complexity index is 957. The van der Waals surface area contributed by atoms with E-state index in [0.29, 0.717) is 35.2 Å². The van der Waals surface area contributed by atoms with Crippen LogP contribution < -0.4 is 5.32 Å². The molecule has 0 bridgehead atoms. The van der Waals surface area contributed by atoms with Crippen LogP contribution in [-0.2, 0) is 10.8 Å². The fraction of sp³-hybridized carbons (Fsp3) is 0.409. The zero-order valence-electron chi connectivity index (χ0n) is 17.3. The smallest absolute Gasteiger partial charge is 0.255 e. The summed E-state index contributed by atoms with van der Waals surface area (Å²) in [5.41, 5.74) is 1.95. The fourth-order valence-electron chi connectivity index (χ4n) is 3.31. The number of amides is 1. The molecule has 1 amide bonds. The Labute approximate surface area is 176 Å². The normalized spacial score (nSPS) is 16.6. The van der Waals surface area contributed by atoms with Crippen molar-refractivity contribution in [1.82, 2.24) is 0 Å². The largest absolute Gasteiger partial charge is 0.410 e. The van der Waals surface area contributed by atoms with E-state index in [9.17, 15) is 13.6 Å². The molecule has 156 valence electrons. The van der Waals surface area contributed by atoms with Crippen molar-refractivity contribution in [2.45, 2.75) is 57.8 Å². The molecule has 0 aromatic heterocycles. The monoisotopic (exact) mass is 437 g/mol. The molecule has 0 radical (unpaired) electrons. The lowest BCUT2D eigenvalue weighted by molar-refractivity contribution is 0.102. The van der Waals surface area contributed by atoms with Gasteiger partial charge in [-0.25, -0.2) is 8.78 Å². The van der Waals surface area contributed by atoms with Crippen LogP contribution in [0.3, 0.4) is 0 Å². The minimum absolute atomic E-state index is 0.00304. The van der Waals surface area contributed by atoms with Crippen LogP contribution in [0.2, 0.25) is 23.2 Å². The van der Waals surface area contributed by atoms with E-state index in [1.165, 1.54) is 30.3 Å². The predicted octanol–water partition coefficient (Wildman–Crippen LogP) is 6.88. The molecule has 0 aliphatic heterocycles. The van der Waals surface area contributed by atoms with Gasteiger partial charge in [-0.15, -0.1) is 0 Å². The van der Waals surface area contributed by atoms with E-state index in [1.807, 2.05) is 0 Å². The van der Waals surface area contributed by atoms with Gasteiger partial charge in [0, 0.05) is 16.8 Å². The van der Waals surface area contributed by atoms with E-state index < -0.39 is 14.1 Å². The van der Waals surface area contributed by atoms with Crippen molar-refractivity contribution < 1.29 is 18.0 Å². The van der Waals surface area contributed by atoms with E-state index in [1.54, 1.807) is 0 Å². The summed E-state index contributed by atoms with van der Waals surface area (Å²) in [5.74, 6) is -1.28. The first-order chi connectivity index (χ1) is 13.4. The number of halogens is 3. The summed E-state index contributed by atoms with van der Waals surface area (Å²) < 4.78 is 34.5. The van der Waals surface area contributed by atoms with Gasteiger partial charge in [-0.2, -0.15) is 0 Å². The Morgan fingerprint density at radius 2 is 1.83 bits per heavy atom. The first kappa shape index (κ1) is 21.9. The van der Waals surface area contributed by atoms with Gasteiger partial charge in [-0.3, -0.25) is 4.79 Å². The van der Waals surface area contributed by atoms with Crippen molar-refractivity contribution in [1.29, 1.82) is 0 Å². The summed E-state index contributed by atoms with van der Waals surface area (Å²) in [6, 6.07) is 6.78. The fourth-order valence-corrected chi connectivity index (χ4v) is 4.79. The first-order valence-electron chi connectivity index (χ1n) is 9.66. The van der Waals surface area contributed by atoms with Crippen LogP contribution >= 0.6 is 11.6 Å². The van der Waals surface area contributed by atoms with Crippen molar-refractivity contribution in [3.05, 3.63) is 63.7 Å². The van der Waals surface area contributed by atoms with E-state index in [4.69, 9.17) is 16.0 Å². The summed E-state index contributed by atoms with van der Waals surface area (Å²) >= 11 is 5.79. The maximum Gasteiger partial charge on any atom is 0.255 e. The van der Waals surface area contributed by atoms with Gasteiger partial charge in [-0.05, 0) is 66.9 Å². The van der Waals surface area contributed by atoms with Crippen molar-refractivity contribution in [2.75, 3.05) is 5.32 Å². The highest BCUT2D eigenvalue weighted by atomic mass is 35.5. The van der Waals surface area contributed by atoms with Gasteiger partial charge in [0.2, 0.25) is 0 Å². The van der Waals surface area contributed by atoms with Crippen LogP contribution in [-0.4, -0.2) is 14.2 Å². The van der Waals surface area contributed by atoms with Crippen molar-refractivity contribution in [3.8, 4) is 0 Å². The van der Waals surface area contributed by atoms with Crippen molar-refractivity contribution in [2.24, 2.45) is 0 Å². The molecule has 3 nitrogen and oxygen atoms in total. The molecule has 1 atom stereocenters. The van der Waals surface area contributed by atoms with Gasteiger partial charge in [-0.1, -0.05) is 32.4 Å². The molecule has 0 unspecified atom stereocenters. The van der Waals surface area contributed by atoms with Crippen LogP contribution in [0.25, 0.3) is 0 Å². The number of fused-ring (bicyclic) bond motifs is 1. The Morgan fingerprint density at radius 3 is 2.45 bits per heavy atom. The van der Waals surface area contributed by atoms with E-state index in [2.05, 4.69) is 39.2 Å². The van der Waals surface area contributed by atoms with Crippen LogP contribution in [0, 0.1) is 11.6 Å². The Hall–Kier alpha value is -1.76. The maximum absolute atomic E-state index is 14.7. The number of benzene rings is 2. The number of carbonyl (C=O) groups excluding carboxylic acids is 1. The van der Waals surface area contributed by atoms with Crippen LogP contribution in [0.15, 0.2) is 30.3 Å². The molecular weight excluding hydrogens is 412 g/mol. The number of nitrogens with one attached hydrogen (secondary N) is 1. The van der Waals surface area contributed by atoms with Crippen LogP contribution in [0.1, 0.15) is 54.8 Å². The lowest BCUT2D eigenvalue weighted by Crippen LogP contribution is -2.41. The highest BCUT2D eigenvalue weighted by Crippen LogP contribution is 2.45. The summed E-state index contributed by atoms with van der Waals surface area (Å²) in [6.45, 7) is 10.7. The van der Waals surface area contributed by atoms with Crippen molar-refractivity contribution >= 4 is 31.5 Å². The molecular formula is C22H26ClF2NO2Si. The van der Waals surface area contributed by atoms with E-state index in [0.717, 1.165) is 0 Å². The molecule has 1 aliphatic carbocycles. The molecule has 29 heavy (non-hydrogen) atoms. The lowest BCUT2D eigenvalue weighted by Gasteiger charge is -2.38. The molecule has 7 heteroatoms. The number of hydrogen-bond donors (Lipinski definition) is 1. The topological polar surface area (TPSA) is 38.3 Å². The third-order valence-corrected chi connectivity index (χ3v) is 10.7. The van der Waals surface area contributed by atoms with Gasteiger partial charge in [0.15, 0.2) is 8.32 Å². The average molecular weight is 438 g/mol. The molecule has 2 aromatic carbocycles.